The van der Waals surface area contributed by atoms with Gasteiger partial charge in [-0.2, -0.15) is 0 Å². The predicted octanol–water partition coefficient (Wildman–Crippen LogP) is 1.50. The number of anilines is 1. The Hall–Kier alpha value is -1.23. The molecule has 78 valence electrons. The molecule has 1 unspecified atom stereocenters. The van der Waals surface area contributed by atoms with E-state index in [9.17, 15) is 9.32 Å². The molecule has 0 radical (unpaired) electrons. The Labute approximate surface area is 85.5 Å². The lowest BCUT2D eigenvalue weighted by Gasteiger charge is -2.10. The van der Waals surface area contributed by atoms with E-state index in [1.54, 1.807) is 19.1 Å². The second-order valence-corrected chi connectivity index (χ2v) is 4.06. The molecule has 0 bridgehead atoms. The standard InChI is InChI=1S/C9H13NO3S/c1-3-14(12)10-9-7(11)5-4-6-8(9)13-2/h4-6,10-11H,3H2,1-2H3. The second kappa shape index (κ2) is 4.85. The van der Waals surface area contributed by atoms with E-state index in [0.717, 1.165) is 0 Å². The fraction of sp³-hybridized carbons (Fsp3) is 0.333. The molecule has 1 aromatic carbocycles. The van der Waals surface area contributed by atoms with Crippen molar-refractivity contribution in [2.45, 2.75) is 6.92 Å². The molecule has 1 atom stereocenters. The van der Waals surface area contributed by atoms with Crippen LogP contribution in [0.5, 0.6) is 11.5 Å². The molecule has 2 N–H and O–H groups in total. The molecule has 0 fully saturated rings. The van der Waals surface area contributed by atoms with Crippen LogP contribution in [0.25, 0.3) is 0 Å². The van der Waals surface area contributed by atoms with Gasteiger partial charge in [0.15, 0.2) is 0 Å². The van der Waals surface area contributed by atoms with Crippen LogP contribution in [0.1, 0.15) is 6.92 Å². The molecule has 0 aliphatic carbocycles. The van der Waals surface area contributed by atoms with Crippen LogP contribution in [-0.2, 0) is 11.0 Å². The lowest BCUT2D eigenvalue weighted by Crippen LogP contribution is -2.07. The number of benzene rings is 1. The number of hydrogen-bond donors (Lipinski definition) is 2. The SMILES string of the molecule is CCS(=O)Nc1c(O)cccc1OC. The summed E-state index contributed by atoms with van der Waals surface area (Å²) >= 11 is 0. The quantitative estimate of drug-likeness (QED) is 0.748. The molecule has 0 aliphatic rings. The third kappa shape index (κ3) is 2.38. The summed E-state index contributed by atoms with van der Waals surface area (Å²) in [7, 11) is 0.305. The van der Waals surface area contributed by atoms with Gasteiger partial charge < -0.3 is 9.84 Å². The maximum absolute atomic E-state index is 11.2. The normalized spacial score (nSPS) is 12.1. The maximum atomic E-state index is 11.2. The van der Waals surface area contributed by atoms with Gasteiger partial charge in [0, 0.05) is 5.75 Å². The first-order chi connectivity index (χ1) is 6.69. The lowest BCUT2D eigenvalue weighted by atomic mass is 10.3. The van der Waals surface area contributed by atoms with Gasteiger partial charge >= 0.3 is 0 Å². The fourth-order valence-corrected chi connectivity index (χ4v) is 1.56. The zero-order valence-corrected chi connectivity index (χ0v) is 8.93. The summed E-state index contributed by atoms with van der Waals surface area (Å²) in [5.74, 6) is 0.982. The molecule has 4 nitrogen and oxygen atoms in total. The Morgan fingerprint density at radius 2 is 2.29 bits per heavy atom. The first-order valence-electron chi connectivity index (χ1n) is 4.20. The molecular formula is C9H13NO3S. The summed E-state index contributed by atoms with van der Waals surface area (Å²) in [4.78, 5) is 0. The van der Waals surface area contributed by atoms with Crippen LogP contribution >= 0.6 is 0 Å². The summed E-state index contributed by atoms with van der Waals surface area (Å²) in [6.45, 7) is 1.79. The summed E-state index contributed by atoms with van der Waals surface area (Å²) in [6.07, 6.45) is 0. The number of aromatic hydroxyl groups is 1. The molecule has 0 saturated carbocycles. The third-order valence-corrected chi connectivity index (χ3v) is 2.66. The van der Waals surface area contributed by atoms with Gasteiger partial charge in [0.25, 0.3) is 0 Å². The Morgan fingerprint density at radius 1 is 1.57 bits per heavy atom. The van der Waals surface area contributed by atoms with Crippen molar-refractivity contribution in [1.29, 1.82) is 0 Å². The van der Waals surface area contributed by atoms with E-state index in [1.165, 1.54) is 13.2 Å². The van der Waals surface area contributed by atoms with Crippen LogP contribution in [0, 0.1) is 0 Å². The van der Waals surface area contributed by atoms with Crippen LogP contribution in [0.4, 0.5) is 5.69 Å². The van der Waals surface area contributed by atoms with E-state index >= 15 is 0 Å². The monoisotopic (exact) mass is 215 g/mol. The Morgan fingerprint density at radius 3 is 2.86 bits per heavy atom. The highest BCUT2D eigenvalue weighted by atomic mass is 32.2. The highest BCUT2D eigenvalue weighted by Crippen LogP contribution is 2.33. The van der Waals surface area contributed by atoms with Crippen molar-refractivity contribution < 1.29 is 14.1 Å². The van der Waals surface area contributed by atoms with Gasteiger partial charge in [-0.05, 0) is 12.1 Å². The van der Waals surface area contributed by atoms with E-state index in [-0.39, 0.29) is 5.75 Å². The summed E-state index contributed by atoms with van der Waals surface area (Å²) in [5.41, 5.74) is 0.371. The molecule has 0 spiro atoms. The zero-order valence-electron chi connectivity index (χ0n) is 8.11. The van der Waals surface area contributed by atoms with Crippen LogP contribution in [-0.4, -0.2) is 22.2 Å². The first-order valence-corrected chi connectivity index (χ1v) is 5.52. The molecule has 0 aromatic heterocycles. The summed E-state index contributed by atoms with van der Waals surface area (Å²) in [5, 5.41) is 9.49. The van der Waals surface area contributed by atoms with Gasteiger partial charge in [0.05, 0.1) is 7.11 Å². The lowest BCUT2D eigenvalue weighted by molar-refractivity contribution is 0.411. The average molecular weight is 215 g/mol. The zero-order chi connectivity index (χ0) is 10.6. The smallest absolute Gasteiger partial charge is 0.146 e. The maximum Gasteiger partial charge on any atom is 0.146 e. The molecule has 1 aromatic rings. The van der Waals surface area contributed by atoms with Gasteiger partial charge in [-0.15, -0.1) is 0 Å². The molecule has 0 amide bonds. The number of phenolic OH excluding ortho intramolecular Hbond substituents is 1. The first kappa shape index (κ1) is 10.8. The molecular weight excluding hydrogens is 202 g/mol. The number of ether oxygens (including phenoxy) is 1. The molecule has 0 heterocycles. The molecule has 5 heteroatoms. The van der Waals surface area contributed by atoms with Crippen LogP contribution in [0.15, 0.2) is 18.2 Å². The molecule has 14 heavy (non-hydrogen) atoms. The van der Waals surface area contributed by atoms with E-state index in [0.29, 0.717) is 17.2 Å². The Balaban J connectivity index is 2.98. The van der Waals surface area contributed by atoms with Crippen molar-refractivity contribution in [3.63, 3.8) is 0 Å². The van der Waals surface area contributed by atoms with Gasteiger partial charge in [-0.25, -0.2) is 4.21 Å². The van der Waals surface area contributed by atoms with Crippen LogP contribution in [0.3, 0.4) is 0 Å². The van der Waals surface area contributed by atoms with Gasteiger partial charge in [0.2, 0.25) is 0 Å². The van der Waals surface area contributed by atoms with E-state index < -0.39 is 11.0 Å². The number of nitrogens with one attached hydrogen (secondary N) is 1. The minimum Gasteiger partial charge on any atom is -0.506 e. The fourth-order valence-electron chi connectivity index (χ4n) is 0.978. The number of methoxy groups -OCH3 is 1. The highest BCUT2D eigenvalue weighted by molar-refractivity contribution is 7.86. The van der Waals surface area contributed by atoms with E-state index in [1.807, 2.05) is 0 Å². The van der Waals surface area contributed by atoms with E-state index in [4.69, 9.17) is 4.74 Å². The number of phenols is 1. The second-order valence-electron chi connectivity index (χ2n) is 2.59. The van der Waals surface area contributed by atoms with Crippen molar-refractivity contribution in [2.75, 3.05) is 17.6 Å². The van der Waals surface area contributed by atoms with Crippen LogP contribution < -0.4 is 9.46 Å². The molecule has 0 aliphatic heterocycles. The topological polar surface area (TPSA) is 58.6 Å². The summed E-state index contributed by atoms with van der Waals surface area (Å²) in [6, 6.07) is 4.86. The van der Waals surface area contributed by atoms with Gasteiger partial charge in [-0.3, -0.25) is 4.72 Å². The highest BCUT2D eigenvalue weighted by Gasteiger charge is 2.09. The van der Waals surface area contributed by atoms with E-state index in [2.05, 4.69) is 4.72 Å². The largest absolute Gasteiger partial charge is 0.506 e. The minimum atomic E-state index is -1.19. The predicted molar refractivity (Wildman–Crippen MR) is 57.0 cm³/mol. The number of hydrogen-bond acceptors (Lipinski definition) is 3. The number of rotatable bonds is 4. The average Bonchev–Trinajstić information content (AvgIpc) is 2.20. The van der Waals surface area contributed by atoms with Crippen molar-refractivity contribution in [2.24, 2.45) is 0 Å². The van der Waals surface area contributed by atoms with Crippen molar-refractivity contribution in [3.8, 4) is 11.5 Å². The molecule has 0 saturated heterocycles. The van der Waals surface area contributed by atoms with Crippen LogP contribution in [0.2, 0.25) is 0 Å². The third-order valence-electron chi connectivity index (χ3n) is 1.70. The Kier molecular flexibility index (Phi) is 3.76. The number of para-hydroxylation sites is 1. The van der Waals surface area contributed by atoms with Crippen molar-refractivity contribution in [3.05, 3.63) is 18.2 Å². The molecule has 1 rings (SSSR count). The minimum absolute atomic E-state index is 0.0335. The van der Waals surface area contributed by atoms with Crippen molar-refractivity contribution in [1.82, 2.24) is 0 Å². The van der Waals surface area contributed by atoms with Gasteiger partial charge in [0.1, 0.15) is 28.2 Å². The Bertz CT molecular complexity index is 341. The van der Waals surface area contributed by atoms with Crippen molar-refractivity contribution >= 4 is 16.7 Å². The summed E-state index contributed by atoms with van der Waals surface area (Å²) < 4.78 is 18.9. The van der Waals surface area contributed by atoms with Gasteiger partial charge in [-0.1, -0.05) is 13.0 Å².